The molecular weight excluding hydrogens is 217 g/mol. The van der Waals surface area contributed by atoms with E-state index in [1.807, 2.05) is 30.8 Å². The highest BCUT2D eigenvalue weighted by Gasteiger charge is 2.10. The molecule has 3 nitrogen and oxygen atoms in total. The lowest BCUT2D eigenvalue weighted by Crippen LogP contribution is -2.21. The van der Waals surface area contributed by atoms with Crippen molar-refractivity contribution in [1.29, 1.82) is 0 Å². The summed E-state index contributed by atoms with van der Waals surface area (Å²) in [7, 11) is 1.94. The van der Waals surface area contributed by atoms with E-state index >= 15 is 0 Å². The molecule has 1 N–H and O–H groups in total. The van der Waals surface area contributed by atoms with Gasteiger partial charge in [0.2, 0.25) is 0 Å². The number of nitrogens with zero attached hydrogens (tertiary/aromatic N) is 2. The van der Waals surface area contributed by atoms with Crippen LogP contribution >= 0.6 is 0 Å². The van der Waals surface area contributed by atoms with Crippen molar-refractivity contribution >= 4 is 0 Å². The fourth-order valence-electron chi connectivity index (χ4n) is 1.75. The van der Waals surface area contributed by atoms with E-state index < -0.39 is 0 Å². The van der Waals surface area contributed by atoms with Gasteiger partial charge in [0.1, 0.15) is 11.6 Å². The van der Waals surface area contributed by atoms with E-state index in [0.717, 1.165) is 5.82 Å². The average Bonchev–Trinajstić information content (AvgIpc) is 2.72. The van der Waals surface area contributed by atoms with Gasteiger partial charge in [0.05, 0.1) is 6.54 Å². The summed E-state index contributed by atoms with van der Waals surface area (Å²) in [4.78, 5) is 4.21. The fraction of sp³-hybridized carbons (Fsp3) is 0.308. The van der Waals surface area contributed by atoms with Gasteiger partial charge in [-0.3, -0.25) is 0 Å². The molecule has 17 heavy (non-hydrogen) atoms. The molecule has 2 aromatic rings. The molecule has 0 saturated heterocycles. The Balaban J connectivity index is 2.01. The van der Waals surface area contributed by atoms with Crippen molar-refractivity contribution in [2.24, 2.45) is 7.05 Å². The molecule has 1 aromatic carbocycles. The number of rotatable bonds is 4. The average molecular weight is 233 g/mol. The number of halogens is 1. The zero-order chi connectivity index (χ0) is 12.3. The van der Waals surface area contributed by atoms with Gasteiger partial charge < -0.3 is 9.88 Å². The predicted octanol–water partition coefficient (Wildman–Crippen LogP) is 2.41. The molecule has 0 saturated carbocycles. The summed E-state index contributed by atoms with van der Waals surface area (Å²) >= 11 is 0. The van der Waals surface area contributed by atoms with Gasteiger partial charge in [0.15, 0.2) is 0 Å². The van der Waals surface area contributed by atoms with Crippen molar-refractivity contribution in [3.8, 4) is 0 Å². The molecule has 1 atom stereocenters. The van der Waals surface area contributed by atoms with Crippen LogP contribution in [0.25, 0.3) is 0 Å². The van der Waals surface area contributed by atoms with E-state index in [-0.39, 0.29) is 11.9 Å². The third-order valence-corrected chi connectivity index (χ3v) is 2.86. The van der Waals surface area contributed by atoms with Crippen molar-refractivity contribution in [1.82, 2.24) is 14.9 Å². The monoisotopic (exact) mass is 233 g/mol. The minimum Gasteiger partial charge on any atom is -0.337 e. The highest BCUT2D eigenvalue weighted by molar-refractivity contribution is 5.20. The Morgan fingerprint density at radius 2 is 2.18 bits per heavy atom. The van der Waals surface area contributed by atoms with Gasteiger partial charge in [-0.05, 0) is 13.0 Å². The van der Waals surface area contributed by atoms with Crippen molar-refractivity contribution < 1.29 is 4.39 Å². The number of benzene rings is 1. The molecule has 90 valence electrons. The Kier molecular flexibility index (Phi) is 3.54. The molecule has 0 radical (unpaired) electrons. The first-order valence-electron chi connectivity index (χ1n) is 5.62. The maximum atomic E-state index is 13.5. The summed E-state index contributed by atoms with van der Waals surface area (Å²) in [5, 5.41) is 3.26. The largest absolute Gasteiger partial charge is 0.337 e. The Morgan fingerprint density at radius 3 is 2.82 bits per heavy atom. The zero-order valence-corrected chi connectivity index (χ0v) is 10.0. The predicted molar refractivity (Wildman–Crippen MR) is 64.9 cm³/mol. The SMILES string of the molecule is CC(NCc1nccn1C)c1ccccc1F. The lowest BCUT2D eigenvalue weighted by atomic mass is 10.1. The molecule has 0 aliphatic heterocycles. The molecule has 1 heterocycles. The lowest BCUT2D eigenvalue weighted by Gasteiger charge is -2.14. The van der Waals surface area contributed by atoms with Crippen LogP contribution in [0.3, 0.4) is 0 Å². The lowest BCUT2D eigenvalue weighted by molar-refractivity contribution is 0.515. The molecule has 0 bridgehead atoms. The molecule has 1 unspecified atom stereocenters. The normalized spacial score (nSPS) is 12.6. The third-order valence-electron chi connectivity index (χ3n) is 2.86. The van der Waals surface area contributed by atoms with Crippen LogP contribution in [0.15, 0.2) is 36.7 Å². The first-order chi connectivity index (χ1) is 8.18. The van der Waals surface area contributed by atoms with Crippen LogP contribution in [0.1, 0.15) is 24.4 Å². The molecule has 0 fully saturated rings. The fourth-order valence-corrected chi connectivity index (χ4v) is 1.75. The summed E-state index contributed by atoms with van der Waals surface area (Å²) < 4.78 is 15.5. The number of nitrogens with one attached hydrogen (secondary N) is 1. The molecule has 2 rings (SSSR count). The van der Waals surface area contributed by atoms with Crippen LogP contribution in [-0.4, -0.2) is 9.55 Å². The van der Waals surface area contributed by atoms with E-state index in [0.29, 0.717) is 12.1 Å². The van der Waals surface area contributed by atoms with Gasteiger partial charge >= 0.3 is 0 Å². The number of hydrogen-bond donors (Lipinski definition) is 1. The molecule has 0 spiro atoms. The number of imidazole rings is 1. The molecule has 1 aromatic heterocycles. The van der Waals surface area contributed by atoms with E-state index in [1.54, 1.807) is 18.3 Å². The number of hydrogen-bond acceptors (Lipinski definition) is 2. The van der Waals surface area contributed by atoms with E-state index in [2.05, 4.69) is 10.3 Å². The zero-order valence-electron chi connectivity index (χ0n) is 10.0. The van der Waals surface area contributed by atoms with Gasteiger partial charge in [-0.15, -0.1) is 0 Å². The van der Waals surface area contributed by atoms with E-state index in [9.17, 15) is 4.39 Å². The molecule has 0 aliphatic carbocycles. The summed E-state index contributed by atoms with van der Waals surface area (Å²) in [5.41, 5.74) is 0.682. The van der Waals surface area contributed by atoms with Crippen LogP contribution in [0.4, 0.5) is 4.39 Å². The van der Waals surface area contributed by atoms with E-state index in [4.69, 9.17) is 0 Å². The second-order valence-electron chi connectivity index (χ2n) is 4.08. The van der Waals surface area contributed by atoms with Crippen LogP contribution in [0, 0.1) is 5.82 Å². The first kappa shape index (κ1) is 11.8. The molecular formula is C13H16FN3. The number of aryl methyl sites for hydroxylation is 1. The quantitative estimate of drug-likeness (QED) is 0.878. The van der Waals surface area contributed by atoms with Crippen molar-refractivity contribution in [2.45, 2.75) is 19.5 Å². The Labute approximate surface area is 100 Å². The van der Waals surface area contributed by atoms with Gasteiger partial charge in [-0.2, -0.15) is 0 Å². The summed E-state index contributed by atoms with van der Waals surface area (Å²) in [6.45, 7) is 2.57. The maximum absolute atomic E-state index is 13.5. The summed E-state index contributed by atoms with van der Waals surface area (Å²) in [6, 6.07) is 6.79. The standard InChI is InChI=1S/C13H16FN3/c1-10(11-5-3-4-6-12(11)14)16-9-13-15-7-8-17(13)2/h3-8,10,16H,9H2,1-2H3. The highest BCUT2D eigenvalue weighted by atomic mass is 19.1. The Morgan fingerprint density at radius 1 is 1.41 bits per heavy atom. The molecule has 0 aliphatic rings. The topological polar surface area (TPSA) is 29.9 Å². The van der Waals surface area contributed by atoms with Gasteiger partial charge in [0, 0.05) is 31.0 Å². The van der Waals surface area contributed by atoms with Gasteiger partial charge in [-0.1, -0.05) is 18.2 Å². The summed E-state index contributed by atoms with van der Waals surface area (Å²) in [5.74, 6) is 0.764. The minimum atomic E-state index is -0.174. The summed E-state index contributed by atoms with van der Waals surface area (Å²) in [6.07, 6.45) is 3.65. The Bertz CT molecular complexity index is 493. The maximum Gasteiger partial charge on any atom is 0.127 e. The van der Waals surface area contributed by atoms with Crippen molar-refractivity contribution in [3.05, 3.63) is 53.9 Å². The highest BCUT2D eigenvalue weighted by Crippen LogP contribution is 2.16. The second kappa shape index (κ2) is 5.10. The van der Waals surface area contributed by atoms with Crippen molar-refractivity contribution in [2.75, 3.05) is 0 Å². The third kappa shape index (κ3) is 2.71. The Hall–Kier alpha value is -1.68. The minimum absolute atomic E-state index is 0.0344. The molecule has 0 amide bonds. The van der Waals surface area contributed by atoms with Gasteiger partial charge in [-0.25, -0.2) is 9.37 Å². The van der Waals surface area contributed by atoms with Crippen LogP contribution in [0.5, 0.6) is 0 Å². The first-order valence-corrected chi connectivity index (χ1v) is 5.62. The van der Waals surface area contributed by atoms with E-state index in [1.165, 1.54) is 6.07 Å². The van der Waals surface area contributed by atoms with Crippen LogP contribution < -0.4 is 5.32 Å². The molecule has 4 heteroatoms. The van der Waals surface area contributed by atoms with Crippen LogP contribution in [-0.2, 0) is 13.6 Å². The van der Waals surface area contributed by atoms with Crippen molar-refractivity contribution in [3.63, 3.8) is 0 Å². The second-order valence-corrected chi connectivity index (χ2v) is 4.08. The smallest absolute Gasteiger partial charge is 0.127 e. The number of aromatic nitrogens is 2. The van der Waals surface area contributed by atoms with Crippen LogP contribution in [0.2, 0.25) is 0 Å². The van der Waals surface area contributed by atoms with Gasteiger partial charge in [0.25, 0.3) is 0 Å².